The predicted octanol–water partition coefficient (Wildman–Crippen LogP) is 2.81. The average molecular weight is 334 g/mol. The first-order valence-electron chi connectivity index (χ1n) is 7.95. The summed E-state index contributed by atoms with van der Waals surface area (Å²) in [5, 5.41) is 8.92. The molecule has 1 aliphatic heterocycles. The summed E-state index contributed by atoms with van der Waals surface area (Å²) in [6.07, 6.45) is 3.80. The lowest BCUT2D eigenvalue weighted by Crippen LogP contribution is -2.41. The molecule has 1 amide bonds. The number of likely N-dealkylation sites (tertiary alicyclic amines) is 1. The van der Waals surface area contributed by atoms with Crippen LogP contribution in [0, 0.1) is 5.92 Å². The predicted molar refractivity (Wildman–Crippen MR) is 89.0 cm³/mol. The molecule has 6 nitrogen and oxygen atoms in total. The van der Waals surface area contributed by atoms with Crippen molar-refractivity contribution in [2.75, 3.05) is 13.1 Å². The Morgan fingerprint density at radius 2 is 2.13 bits per heavy atom. The Morgan fingerprint density at radius 3 is 2.78 bits per heavy atom. The van der Waals surface area contributed by atoms with E-state index in [-0.39, 0.29) is 11.2 Å². The van der Waals surface area contributed by atoms with Gasteiger partial charge in [-0.1, -0.05) is 18.7 Å². The number of nitrogens with zero attached hydrogens (tertiary/aromatic N) is 4. The van der Waals surface area contributed by atoms with E-state index in [9.17, 15) is 4.79 Å². The van der Waals surface area contributed by atoms with Gasteiger partial charge in [-0.25, -0.2) is 0 Å². The largest absolute Gasteiger partial charge is 0.461 e. The van der Waals surface area contributed by atoms with Crippen LogP contribution in [0.1, 0.15) is 26.7 Å². The van der Waals surface area contributed by atoms with Crippen molar-refractivity contribution in [3.05, 3.63) is 18.4 Å². The number of thioether (sulfide) groups is 1. The van der Waals surface area contributed by atoms with Crippen LogP contribution in [0.25, 0.3) is 11.6 Å². The normalized spacial score (nSPS) is 17.4. The summed E-state index contributed by atoms with van der Waals surface area (Å²) in [6.45, 7) is 5.91. The molecule has 2 aromatic heterocycles. The maximum Gasteiger partial charge on any atom is 0.235 e. The second kappa shape index (κ2) is 6.78. The Hall–Kier alpha value is -1.76. The van der Waals surface area contributed by atoms with E-state index in [0.717, 1.165) is 37.0 Å². The number of furan rings is 1. The van der Waals surface area contributed by atoms with Gasteiger partial charge in [0.25, 0.3) is 0 Å². The van der Waals surface area contributed by atoms with Gasteiger partial charge in [0.2, 0.25) is 5.91 Å². The quantitative estimate of drug-likeness (QED) is 0.805. The molecule has 0 bridgehead atoms. The molecule has 0 aromatic carbocycles. The van der Waals surface area contributed by atoms with Crippen molar-refractivity contribution in [1.29, 1.82) is 0 Å². The van der Waals surface area contributed by atoms with Gasteiger partial charge in [-0.05, 0) is 37.8 Å². The first-order chi connectivity index (χ1) is 11.1. The number of carbonyl (C=O) groups is 1. The van der Waals surface area contributed by atoms with Crippen LogP contribution in [0.15, 0.2) is 28.0 Å². The summed E-state index contributed by atoms with van der Waals surface area (Å²) >= 11 is 1.45. The van der Waals surface area contributed by atoms with Crippen LogP contribution in [-0.2, 0) is 11.8 Å². The van der Waals surface area contributed by atoms with Crippen LogP contribution in [0.3, 0.4) is 0 Å². The van der Waals surface area contributed by atoms with Gasteiger partial charge in [-0.15, -0.1) is 10.2 Å². The highest BCUT2D eigenvalue weighted by Crippen LogP contribution is 2.27. The van der Waals surface area contributed by atoms with E-state index in [1.165, 1.54) is 11.8 Å². The second-order valence-electron chi connectivity index (χ2n) is 6.11. The number of rotatable bonds is 4. The summed E-state index contributed by atoms with van der Waals surface area (Å²) in [6, 6.07) is 3.67. The molecule has 1 fully saturated rings. The zero-order valence-corrected chi connectivity index (χ0v) is 14.5. The van der Waals surface area contributed by atoms with Crippen molar-refractivity contribution in [2.45, 2.75) is 37.1 Å². The molecule has 7 heteroatoms. The van der Waals surface area contributed by atoms with Gasteiger partial charge in [0.15, 0.2) is 16.7 Å². The standard InChI is InChI=1S/C16H22N4O2S/c1-11-6-8-20(9-7-11)15(21)12(2)23-16-18-17-14(19(16)3)13-5-4-10-22-13/h4-5,10-12H,6-9H2,1-3H3/t12-/m1/s1. The van der Waals surface area contributed by atoms with Crippen molar-refractivity contribution in [2.24, 2.45) is 13.0 Å². The third kappa shape index (κ3) is 3.44. The highest BCUT2D eigenvalue weighted by atomic mass is 32.2. The molecule has 0 aliphatic carbocycles. The molecule has 0 spiro atoms. The summed E-state index contributed by atoms with van der Waals surface area (Å²) in [5.74, 6) is 2.25. The van der Waals surface area contributed by atoms with E-state index in [1.54, 1.807) is 6.26 Å². The molecule has 3 heterocycles. The molecule has 1 saturated heterocycles. The van der Waals surface area contributed by atoms with E-state index >= 15 is 0 Å². The Bertz CT molecular complexity index is 660. The van der Waals surface area contributed by atoms with E-state index < -0.39 is 0 Å². The number of aromatic nitrogens is 3. The first kappa shape index (κ1) is 16.1. The Labute approximate surface area is 140 Å². The van der Waals surface area contributed by atoms with Gasteiger partial charge < -0.3 is 13.9 Å². The number of carbonyl (C=O) groups excluding carboxylic acids is 1. The second-order valence-corrected chi connectivity index (χ2v) is 7.42. The smallest absolute Gasteiger partial charge is 0.235 e. The molecular formula is C16H22N4O2S. The third-order valence-corrected chi connectivity index (χ3v) is 5.42. The minimum Gasteiger partial charge on any atom is -0.461 e. The Balaban J connectivity index is 1.66. The molecule has 0 unspecified atom stereocenters. The van der Waals surface area contributed by atoms with Crippen molar-refractivity contribution < 1.29 is 9.21 Å². The molecule has 1 aliphatic rings. The maximum atomic E-state index is 12.6. The van der Waals surface area contributed by atoms with Crippen LogP contribution >= 0.6 is 11.8 Å². The number of hydrogen-bond acceptors (Lipinski definition) is 5. The lowest BCUT2D eigenvalue weighted by atomic mass is 9.99. The van der Waals surface area contributed by atoms with Crippen molar-refractivity contribution in [3.63, 3.8) is 0 Å². The number of amides is 1. The molecular weight excluding hydrogens is 312 g/mol. The Kier molecular flexibility index (Phi) is 4.75. The van der Waals surface area contributed by atoms with Crippen LogP contribution in [-0.4, -0.2) is 43.9 Å². The van der Waals surface area contributed by atoms with E-state index in [0.29, 0.717) is 11.6 Å². The van der Waals surface area contributed by atoms with Crippen molar-refractivity contribution in [3.8, 4) is 11.6 Å². The third-order valence-electron chi connectivity index (χ3n) is 4.30. The fourth-order valence-electron chi connectivity index (χ4n) is 2.73. The van der Waals surface area contributed by atoms with Gasteiger partial charge in [0, 0.05) is 20.1 Å². The van der Waals surface area contributed by atoms with E-state index in [1.807, 2.05) is 35.6 Å². The van der Waals surface area contributed by atoms with Gasteiger partial charge in [0.1, 0.15) is 0 Å². The van der Waals surface area contributed by atoms with Gasteiger partial charge >= 0.3 is 0 Å². The summed E-state index contributed by atoms with van der Waals surface area (Å²) < 4.78 is 7.23. The Morgan fingerprint density at radius 1 is 1.39 bits per heavy atom. The lowest BCUT2D eigenvalue weighted by molar-refractivity contribution is -0.131. The van der Waals surface area contributed by atoms with E-state index in [4.69, 9.17) is 4.42 Å². The minimum atomic E-state index is -0.171. The minimum absolute atomic E-state index is 0.171. The fourth-order valence-corrected chi connectivity index (χ4v) is 3.63. The molecule has 2 aromatic rings. The maximum absolute atomic E-state index is 12.6. The highest BCUT2D eigenvalue weighted by Gasteiger charge is 2.26. The number of hydrogen-bond donors (Lipinski definition) is 0. The van der Waals surface area contributed by atoms with E-state index in [2.05, 4.69) is 17.1 Å². The van der Waals surface area contributed by atoms with Gasteiger partial charge in [-0.3, -0.25) is 4.79 Å². The monoisotopic (exact) mass is 334 g/mol. The molecule has 124 valence electrons. The molecule has 0 saturated carbocycles. The lowest BCUT2D eigenvalue weighted by Gasteiger charge is -2.31. The summed E-state index contributed by atoms with van der Waals surface area (Å²) in [7, 11) is 1.89. The average Bonchev–Trinajstić information content (AvgIpc) is 3.18. The molecule has 0 radical (unpaired) electrons. The molecule has 0 N–H and O–H groups in total. The fraction of sp³-hybridized carbons (Fsp3) is 0.562. The van der Waals surface area contributed by atoms with Crippen molar-refractivity contribution in [1.82, 2.24) is 19.7 Å². The SMILES string of the molecule is CC1CCN(C(=O)[C@@H](C)Sc2nnc(-c3ccco3)n2C)CC1. The van der Waals surface area contributed by atoms with Crippen LogP contribution < -0.4 is 0 Å². The van der Waals surface area contributed by atoms with Crippen LogP contribution in [0.4, 0.5) is 0 Å². The molecule has 3 rings (SSSR count). The van der Waals surface area contributed by atoms with Gasteiger partial charge in [0.05, 0.1) is 11.5 Å². The topological polar surface area (TPSA) is 64.2 Å². The molecule has 1 atom stereocenters. The summed E-state index contributed by atoms with van der Waals surface area (Å²) in [4.78, 5) is 14.6. The first-order valence-corrected chi connectivity index (χ1v) is 8.83. The summed E-state index contributed by atoms with van der Waals surface area (Å²) in [5.41, 5.74) is 0. The highest BCUT2D eigenvalue weighted by molar-refractivity contribution is 8.00. The zero-order valence-electron chi connectivity index (χ0n) is 13.7. The zero-order chi connectivity index (χ0) is 16.4. The van der Waals surface area contributed by atoms with Crippen LogP contribution in [0.5, 0.6) is 0 Å². The molecule has 23 heavy (non-hydrogen) atoms. The van der Waals surface area contributed by atoms with Gasteiger partial charge in [-0.2, -0.15) is 0 Å². The number of piperidine rings is 1. The van der Waals surface area contributed by atoms with Crippen molar-refractivity contribution >= 4 is 17.7 Å². The van der Waals surface area contributed by atoms with Crippen LogP contribution in [0.2, 0.25) is 0 Å².